The van der Waals surface area contributed by atoms with Crippen LogP contribution in [-0.2, 0) is 14.8 Å². The van der Waals surface area contributed by atoms with Crippen LogP contribution in [-0.4, -0.2) is 32.7 Å². The number of primary sulfonamides is 1. The zero-order chi connectivity index (χ0) is 25.4. The van der Waals surface area contributed by atoms with E-state index in [0.29, 0.717) is 17.8 Å². The monoisotopic (exact) mass is 529 g/mol. The molecule has 0 aliphatic carbocycles. The maximum Gasteiger partial charge on any atom is 0.256 e. The second kappa shape index (κ2) is 12.4. The first-order valence-electron chi connectivity index (χ1n) is 10.8. The number of Topliss-reactive ketones (excluding diaryl/α,β-unsaturated/α-hetero) is 1. The highest BCUT2D eigenvalue weighted by Gasteiger charge is 2.22. The van der Waals surface area contributed by atoms with E-state index in [-0.39, 0.29) is 27.9 Å². The second-order valence-electron chi connectivity index (χ2n) is 7.90. The van der Waals surface area contributed by atoms with Gasteiger partial charge in [-0.1, -0.05) is 64.1 Å². The summed E-state index contributed by atoms with van der Waals surface area (Å²) in [5, 5.41) is 11.3. The van der Waals surface area contributed by atoms with Crippen molar-refractivity contribution in [1.29, 1.82) is 0 Å². The molecule has 2 atom stereocenters. The average molecular weight is 530 g/mol. The molecule has 1 amide bonds. The van der Waals surface area contributed by atoms with Gasteiger partial charge in [-0.05, 0) is 55.8 Å². The molecule has 4 N–H and O–H groups in total. The average Bonchev–Trinajstić information content (AvgIpc) is 2.83. The number of hydrogen-bond acceptors (Lipinski definition) is 7. The molecular weight excluding hydrogens is 502 g/mol. The van der Waals surface area contributed by atoms with Crippen LogP contribution < -0.4 is 15.8 Å². The molecule has 0 heterocycles. The lowest BCUT2D eigenvalue weighted by Gasteiger charge is -2.24. The number of carbonyl (C=O) groups is 2. The third-order valence-corrected chi connectivity index (χ3v) is 8.97. The van der Waals surface area contributed by atoms with Crippen molar-refractivity contribution < 1.29 is 18.0 Å². The Hall–Kier alpha value is -2.63. The fourth-order valence-corrected chi connectivity index (χ4v) is 6.77. The Labute approximate surface area is 213 Å². The predicted octanol–water partition coefficient (Wildman–Crippen LogP) is 4.64. The smallest absolute Gasteiger partial charge is 0.256 e. The second-order valence-corrected chi connectivity index (χ2v) is 11.8. The van der Waals surface area contributed by atoms with Crippen molar-refractivity contribution in [3.8, 4) is 0 Å². The van der Waals surface area contributed by atoms with Crippen molar-refractivity contribution in [3.05, 3.63) is 90.0 Å². The van der Waals surface area contributed by atoms with Gasteiger partial charge in [-0.25, -0.2) is 13.6 Å². The molecule has 0 aliphatic rings. The number of hydrogen-bond donors (Lipinski definition) is 3. The van der Waals surface area contributed by atoms with E-state index in [1.807, 2.05) is 49.4 Å². The van der Waals surface area contributed by atoms with Crippen LogP contribution in [0.5, 0.6) is 0 Å². The van der Waals surface area contributed by atoms with Crippen LogP contribution in [0.2, 0.25) is 0 Å². The molecule has 10 heteroatoms. The van der Waals surface area contributed by atoms with Crippen molar-refractivity contribution in [2.24, 2.45) is 5.14 Å². The Morgan fingerprint density at radius 2 is 1.57 bits per heavy atom. The maximum atomic E-state index is 13.0. The van der Waals surface area contributed by atoms with Gasteiger partial charge in [0, 0.05) is 16.6 Å². The van der Waals surface area contributed by atoms with Crippen molar-refractivity contribution in [3.63, 3.8) is 0 Å². The number of nitrogens with one attached hydrogen (secondary N) is 2. The van der Waals surface area contributed by atoms with Crippen LogP contribution in [0.4, 0.5) is 5.69 Å². The molecular formula is C25H27N3O4S3. The van der Waals surface area contributed by atoms with Gasteiger partial charge < -0.3 is 10.6 Å². The van der Waals surface area contributed by atoms with Gasteiger partial charge in [0.15, 0.2) is 0 Å². The van der Waals surface area contributed by atoms with Crippen LogP contribution in [0.3, 0.4) is 0 Å². The van der Waals surface area contributed by atoms with Gasteiger partial charge in [0.05, 0.1) is 22.3 Å². The Balaban J connectivity index is 1.75. The zero-order valence-corrected chi connectivity index (χ0v) is 21.8. The van der Waals surface area contributed by atoms with E-state index in [1.165, 1.54) is 35.1 Å². The van der Waals surface area contributed by atoms with Crippen molar-refractivity contribution >= 4 is 49.0 Å². The minimum Gasteiger partial charge on any atom is -0.322 e. The number of carbonyl (C=O) groups excluding carboxylic acids is 2. The molecule has 0 fully saturated rings. The number of ketones is 1. The molecule has 0 bridgehead atoms. The van der Waals surface area contributed by atoms with Gasteiger partial charge in [0.2, 0.25) is 10.0 Å². The summed E-state index contributed by atoms with van der Waals surface area (Å²) in [5.74, 6) is -0.239. The highest BCUT2D eigenvalue weighted by Crippen LogP contribution is 2.45. The molecule has 3 aromatic carbocycles. The van der Waals surface area contributed by atoms with Gasteiger partial charge >= 0.3 is 0 Å². The standard InChI is InChI=1S/C25H27N3O4S3/c1-17(29)16-27-18(2)24(19-8-4-3-5-9-19)34-33-23-11-7-6-10-22(23)25(30)28-20-12-14-21(15-13-20)35(26,31)32/h3-15,18,24,27H,16H2,1-2H3,(H,28,30)(H2,26,31,32). The number of sulfonamides is 1. The largest absolute Gasteiger partial charge is 0.322 e. The zero-order valence-electron chi connectivity index (χ0n) is 19.3. The van der Waals surface area contributed by atoms with E-state index in [2.05, 4.69) is 10.6 Å². The Morgan fingerprint density at radius 3 is 2.20 bits per heavy atom. The third-order valence-electron chi connectivity index (χ3n) is 5.07. The maximum absolute atomic E-state index is 13.0. The molecule has 2 unspecified atom stereocenters. The first kappa shape index (κ1) is 27.0. The Kier molecular flexibility index (Phi) is 9.53. The molecule has 0 saturated carbocycles. The van der Waals surface area contributed by atoms with E-state index in [1.54, 1.807) is 29.9 Å². The lowest BCUT2D eigenvalue weighted by molar-refractivity contribution is -0.116. The molecule has 184 valence electrons. The van der Waals surface area contributed by atoms with Crippen LogP contribution in [0, 0.1) is 0 Å². The van der Waals surface area contributed by atoms with Crippen molar-refractivity contribution in [2.75, 3.05) is 11.9 Å². The molecule has 0 aliphatic heterocycles. The molecule has 3 rings (SSSR count). The number of amides is 1. The molecule has 0 spiro atoms. The van der Waals surface area contributed by atoms with Gasteiger partial charge in [-0.3, -0.25) is 9.59 Å². The van der Waals surface area contributed by atoms with Gasteiger partial charge in [-0.15, -0.1) is 0 Å². The topological polar surface area (TPSA) is 118 Å². The first-order valence-corrected chi connectivity index (χ1v) is 14.6. The normalized spacial score (nSPS) is 13.1. The number of nitrogens with two attached hydrogens (primary N) is 1. The van der Waals surface area contributed by atoms with Crippen molar-refractivity contribution in [2.45, 2.75) is 34.9 Å². The van der Waals surface area contributed by atoms with E-state index < -0.39 is 10.0 Å². The van der Waals surface area contributed by atoms with E-state index >= 15 is 0 Å². The molecule has 7 nitrogen and oxygen atoms in total. The fourth-order valence-electron chi connectivity index (χ4n) is 3.24. The van der Waals surface area contributed by atoms with Gasteiger partial charge in [-0.2, -0.15) is 0 Å². The molecule has 0 saturated heterocycles. The highest BCUT2D eigenvalue weighted by molar-refractivity contribution is 8.76. The minimum atomic E-state index is -3.80. The third kappa shape index (κ3) is 7.94. The lowest BCUT2D eigenvalue weighted by Crippen LogP contribution is -2.34. The Bertz CT molecular complexity index is 1270. The lowest BCUT2D eigenvalue weighted by atomic mass is 10.1. The summed E-state index contributed by atoms with van der Waals surface area (Å²) < 4.78 is 22.9. The highest BCUT2D eigenvalue weighted by atomic mass is 33.1. The van der Waals surface area contributed by atoms with Gasteiger partial charge in [0.25, 0.3) is 5.91 Å². The summed E-state index contributed by atoms with van der Waals surface area (Å²) in [5.41, 5.74) is 2.07. The summed E-state index contributed by atoms with van der Waals surface area (Å²) in [6.07, 6.45) is 0. The molecule has 0 aromatic heterocycles. The fraction of sp³-hybridized carbons (Fsp3) is 0.200. The Morgan fingerprint density at radius 1 is 0.943 bits per heavy atom. The molecule has 35 heavy (non-hydrogen) atoms. The number of anilines is 1. The molecule has 3 aromatic rings. The summed E-state index contributed by atoms with van der Waals surface area (Å²) in [6, 6.07) is 23.0. The summed E-state index contributed by atoms with van der Waals surface area (Å²) >= 11 is 0. The van der Waals surface area contributed by atoms with E-state index in [0.717, 1.165) is 10.5 Å². The summed E-state index contributed by atoms with van der Waals surface area (Å²) in [7, 11) is -0.699. The number of benzene rings is 3. The SMILES string of the molecule is CC(=O)CNC(C)C(SSc1ccccc1C(=O)Nc1ccc(S(N)(=O)=O)cc1)c1ccccc1. The quantitative estimate of drug-likeness (QED) is 0.310. The molecule has 0 radical (unpaired) electrons. The van der Waals surface area contributed by atoms with Crippen LogP contribution in [0.25, 0.3) is 0 Å². The van der Waals surface area contributed by atoms with Crippen LogP contribution in [0.15, 0.2) is 88.7 Å². The van der Waals surface area contributed by atoms with Crippen molar-refractivity contribution in [1.82, 2.24) is 5.32 Å². The minimum absolute atomic E-state index is 0.0112. The van der Waals surface area contributed by atoms with Crippen LogP contribution >= 0.6 is 21.6 Å². The van der Waals surface area contributed by atoms with E-state index in [4.69, 9.17) is 5.14 Å². The van der Waals surface area contributed by atoms with Crippen LogP contribution in [0.1, 0.15) is 35.0 Å². The summed E-state index contributed by atoms with van der Waals surface area (Å²) in [6.45, 7) is 3.88. The first-order chi connectivity index (χ1) is 16.6. The van der Waals surface area contributed by atoms with E-state index in [9.17, 15) is 18.0 Å². The van der Waals surface area contributed by atoms with Gasteiger partial charge in [0.1, 0.15) is 5.78 Å². The predicted molar refractivity (Wildman–Crippen MR) is 143 cm³/mol. The summed E-state index contributed by atoms with van der Waals surface area (Å²) in [4.78, 5) is 25.2. The number of rotatable bonds is 11.